The highest BCUT2D eigenvalue weighted by atomic mass is 16.4. The van der Waals surface area contributed by atoms with E-state index in [1.165, 1.54) is 12.8 Å². The van der Waals surface area contributed by atoms with Gasteiger partial charge in [-0.05, 0) is 38.8 Å². The van der Waals surface area contributed by atoms with E-state index in [9.17, 15) is 9.90 Å². The summed E-state index contributed by atoms with van der Waals surface area (Å²) in [6.07, 6.45) is 2.41. The molecule has 4 nitrogen and oxygen atoms in total. The molecule has 1 aromatic rings. The molecule has 1 aliphatic rings. The van der Waals surface area contributed by atoms with Crippen molar-refractivity contribution in [3.63, 3.8) is 0 Å². The maximum atomic E-state index is 11.7. The van der Waals surface area contributed by atoms with Gasteiger partial charge in [0, 0.05) is 25.2 Å². The van der Waals surface area contributed by atoms with Crippen LogP contribution in [0.25, 0.3) is 0 Å². The van der Waals surface area contributed by atoms with Gasteiger partial charge in [-0.25, -0.2) is 0 Å². The van der Waals surface area contributed by atoms with Crippen LogP contribution in [0, 0.1) is 0 Å². The number of nitrogens with one attached hydrogen (secondary N) is 1. The summed E-state index contributed by atoms with van der Waals surface area (Å²) in [6.45, 7) is 6.85. The number of rotatable bonds is 7. The molecule has 21 heavy (non-hydrogen) atoms. The molecule has 0 radical (unpaired) electrons. The Morgan fingerprint density at radius 1 is 1.38 bits per heavy atom. The van der Waals surface area contributed by atoms with Crippen molar-refractivity contribution >= 4 is 5.97 Å². The van der Waals surface area contributed by atoms with Crippen molar-refractivity contribution in [1.82, 2.24) is 10.2 Å². The minimum absolute atomic E-state index is 0.345. The number of aliphatic carboxylic acids is 1. The third kappa shape index (κ3) is 4.55. The predicted molar refractivity (Wildman–Crippen MR) is 84.6 cm³/mol. The smallest absolute Gasteiger partial charge is 0.312 e. The van der Waals surface area contributed by atoms with Gasteiger partial charge in [-0.3, -0.25) is 9.69 Å². The molecule has 1 saturated heterocycles. The van der Waals surface area contributed by atoms with E-state index in [1.54, 1.807) is 0 Å². The maximum Gasteiger partial charge on any atom is 0.312 e. The topological polar surface area (TPSA) is 52.6 Å². The second-order valence-electron chi connectivity index (χ2n) is 6.14. The zero-order chi connectivity index (χ0) is 15.2. The van der Waals surface area contributed by atoms with Crippen molar-refractivity contribution in [3.8, 4) is 0 Å². The van der Waals surface area contributed by atoms with Gasteiger partial charge in [-0.15, -0.1) is 0 Å². The van der Waals surface area contributed by atoms with Crippen LogP contribution in [0.3, 0.4) is 0 Å². The first-order chi connectivity index (χ1) is 10.1. The van der Waals surface area contributed by atoms with Crippen molar-refractivity contribution < 1.29 is 9.90 Å². The summed E-state index contributed by atoms with van der Waals surface area (Å²) in [5, 5.41) is 13.1. The van der Waals surface area contributed by atoms with Crippen molar-refractivity contribution in [2.45, 2.75) is 44.7 Å². The Hall–Kier alpha value is -1.39. The van der Waals surface area contributed by atoms with Crippen LogP contribution in [0.1, 0.15) is 38.2 Å². The van der Waals surface area contributed by atoms with Crippen LogP contribution >= 0.6 is 0 Å². The largest absolute Gasteiger partial charge is 0.481 e. The van der Waals surface area contributed by atoms with Crippen LogP contribution in [0.2, 0.25) is 0 Å². The van der Waals surface area contributed by atoms with Crippen LogP contribution < -0.4 is 5.32 Å². The normalized spacial score (nSPS) is 20.1. The van der Waals surface area contributed by atoms with Crippen LogP contribution in [-0.4, -0.2) is 47.7 Å². The third-order valence-electron chi connectivity index (χ3n) is 4.26. The molecular formula is C17H26N2O2. The van der Waals surface area contributed by atoms with Gasteiger partial charge in [0.25, 0.3) is 0 Å². The first kappa shape index (κ1) is 16.0. The Kier molecular flexibility index (Phi) is 5.76. The summed E-state index contributed by atoms with van der Waals surface area (Å²) in [6, 6.07) is 10.4. The molecule has 2 N–H and O–H groups in total. The van der Waals surface area contributed by atoms with E-state index in [0.717, 1.165) is 18.7 Å². The first-order valence-electron chi connectivity index (χ1n) is 7.83. The average Bonchev–Trinajstić information content (AvgIpc) is 2.96. The van der Waals surface area contributed by atoms with Crippen molar-refractivity contribution in [1.29, 1.82) is 0 Å². The Morgan fingerprint density at radius 3 is 2.62 bits per heavy atom. The highest BCUT2D eigenvalue weighted by molar-refractivity contribution is 5.76. The fourth-order valence-electron chi connectivity index (χ4n) is 2.94. The number of hydrogen-bond donors (Lipinski definition) is 2. The molecule has 0 spiro atoms. The van der Waals surface area contributed by atoms with Gasteiger partial charge in [0.2, 0.25) is 0 Å². The molecule has 1 heterocycles. The second kappa shape index (κ2) is 7.57. The second-order valence-corrected chi connectivity index (χ2v) is 6.14. The van der Waals surface area contributed by atoms with E-state index in [4.69, 9.17) is 0 Å². The van der Waals surface area contributed by atoms with Gasteiger partial charge in [0.1, 0.15) is 0 Å². The Labute approximate surface area is 127 Å². The molecule has 1 aromatic carbocycles. The quantitative estimate of drug-likeness (QED) is 0.809. The fourth-order valence-corrected chi connectivity index (χ4v) is 2.94. The SMILES string of the molecule is CC(C)N(CC1CCCN1)CC(C(=O)O)c1ccccc1. The molecule has 2 atom stereocenters. The third-order valence-corrected chi connectivity index (χ3v) is 4.26. The standard InChI is InChI=1S/C17H26N2O2/c1-13(2)19(11-15-9-6-10-18-15)12-16(17(20)21)14-7-4-3-5-8-14/h3-5,7-8,13,15-16,18H,6,9-12H2,1-2H3,(H,20,21). The fraction of sp³-hybridized carbons (Fsp3) is 0.588. The van der Waals surface area contributed by atoms with E-state index in [1.807, 2.05) is 30.3 Å². The molecule has 0 aliphatic carbocycles. The number of nitrogens with zero attached hydrogens (tertiary/aromatic N) is 1. The molecule has 4 heteroatoms. The summed E-state index contributed by atoms with van der Waals surface area (Å²) in [5.41, 5.74) is 0.884. The number of benzene rings is 1. The zero-order valence-electron chi connectivity index (χ0n) is 13.0. The van der Waals surface area contributed by atoms with Crippen molar-refractivity contribution in [2.75, 3.05) is 19.6 Å². The van der Waals surface area contributed by atoms with Crippen molar-refractivity contribution in [3.05, 3.63) is 35.9 Å². The molecular weight excluding hydrogens is 264 g/mol. The molecule has 2 unspecified atom stereocenters. The van der Waals surface area contributed by atoms with Crippen LogP contribution in [-0.2, 0) is 4.79 Å². The zero-order valence-corrected chi connectivity index (χ0v) is 13.0. The van der Waals surface area contributed by atoms with Gasteiger partial charge < -0.3 is 10.4 Å². The summed E-state index contributed by atoms with van der Waals surface area (Å²) < 4.78 is 0. The van der Waals surface area contributed by atoms with Gasteiger partial charge in [0.05, 0.1) is 5.92 Å². The lowest BCUT2D eigenvalue weighted by Gasteiger charge is -2.31. The minimum atomic E-state index is -0.744. The molecule has 0 saturated carbocycles. The van der Waals surface area contributed by atoms with Crippen LogP contribution in [0.15, 0.2) is 30.3 Å². The lowest BCUT2D eigenvalue weighted by atomic mass is 9.98. The van der Waals surface area contributed by atoms with Crippen LogP contribution in [0.5, 0.6) is 0 Å². The number of carbonyl (C=O) groups is 1. The Balaban J connectivity index is 2.06. The molecule has 2 rings (SSSR count). The number of hydrogen-bond acceptors (Lipinski definition) is 3. The first-order valence-corrected chi connectivity index (χ1v) is 7.83. The Morgan fingerprint density at radius 2 is 2.10 bits per heavy atom. The van der Waals surface area contributed by atoms with Crippen molar-refractivity contribution in [2.24, 2.45) is 0 Å². The van der Waals surface area contributed by atoms with Gasteiger partial charge >= 0.3 is 5.97 Å². The molecule has 116 valence electrons. The Bertz CT molecular complexity index is 441. The summed E-state index contributed by atoms with van der Waals surface area (Å²) in [4.78, 5) is 13.9. The van der Waals surface area contributed by atoms with Crippen LogP contribution in [0.4, 0.5) is 0 Å². The van der Waals surface area contributed by atoms with E-state index in [-0.39, 0.29) is 0 Å². The predicted octanol–water partition coefficient (Wildman–Crippen LogP) is 2.32. The summed E-state index contributed by atoms with van der Waals surface area (Å²) in [7, 11) is 0. The van der Waals surface area contributed by atoms with Gasteiger partial charge in [-0.2, -0.15) is 0 Å². The number of carboxylic acid groups (broad SMARTS) is 1. The molecule has 1 fully saturated rings. The van der Waals surface area contributed by atoms with E-state index in [0.29, 0.717) is 18.6 Å². The van der Waals surface area contributed by atoms with Gasteiger partial charge in [-0.1, -0.05) is 30.3 Å². The highest BCUT2D eigenvalue weighted by Crippen LogP contribution is 2.20. The van der Waals surface area contributed by atoms with E-state index >= 15 is 0 Å². The molecule has 0 amide bonds. The summed E-state index contributed by atoms with van der Waals surface area (Å²) in [5.74, 6) is -1.21. The van der Waals surface area contributed by atoms with Gasteiger partial charge in [0.15, 0.2) is 0 Å². The lowest BCUT2D eigenvalue weighted by molar-refractivity contribution is -0.139. The average molecular weight is 290 g/mol. The lowest BCUT2D eigenvalue weighted by Crippen LogP contribution is -2.44. The monoisotopic (exact) mass is 290 g/mol. The molecule has 0 bridgehead atoms. The molecule has 1 aliphatic heterocycles. The number of carboxylic acids is 1. The molecule has 0 aromatic heterocycles. The minimum Gasteiger partial charge on any atom is -0.481 e. The summed E-state index contributed by atoms with van der Waals surface area (Å²) >= 11 is 0. The van der Waals surface area contributed by atoms with E-state index < -0.39 is 11.9 Å². The highest BCUT2D eigenvalue weighted by Gasteiger charge is 2.26. The van der Waals surface area contributed by atoms with E-state index in [2.05, 4.69) is 24.1 Å². The maximum absolute atomic E-state index is 11.7.